The Morgan fingerprint density at radius 3 is 2.65 bits per heavy atom. The molecule has 1 aromatic heterocycles. The summed E-state index contributed by atoms with van der Waals surface area (Å²) in [6, 6.07) is 10.2. The number of carbonyl (C=O) groups excluding carboxylic acids is 1. The van der Waals surface area contributed by atoms with Gasteiger partial charge in [-0.3, -0.25) is 9.69 Å². The standard InChI is InChI=1S/C16H22N2O2/c1-11(2)17-16(19)10-18(4)12(3)15-9-13-7-5-6-8-14(13)20-15/h5-9,11-12H,10H2,1-4H3,(H,17,19). The number of nitrogens with zero attached hydrogens (tertiary/aromatic N) is 1. The van der Waals surface area contributed by atoms with Gasteiger partial charge in [-0.1, -0.05) is 18.2 Å². The molecule has 0 saturated heterocycles. The summed E-state index contributed by atoms with van der Waals surface area (Å²) in [4.78, 5) is 13.8. The third-order valence-corrected chi connectivity index (χ3v) is 3.36. The van der Waals surface area contributed by atoms with Crippen LogP contribution in [0.15, 0.2) is 34.7 Å². The lowest BCUT2D eigenvalue weighted by Gasteiger charge is -2.22. The smallest absolute Gasteiger partial charge is 0.234 e. The minimum atomic E-state index is 0.0328. The van der Waals surface area contributed by atoms with Gasteiger partial charge in [0.15, 0.2) is 0 Å². The molecule has 0 spiro atoms. The number of nitrogens with one attached hydrogen (secondary N) is 1. The van der Waals surface area contributed by atoms with Crippen LogP contribution in [0.2, 0.25) is 0 Å². The third-order valence-electron chi connectivity index (χ3n) is 3.36. The summed E-state index contributed by atoms with van der Waals surface area (Å²) < 4.78 is 5.84. The number of para-hydroxylation sites is 1. The topological polar surface area (TPSA) is 45.5 Å². The second-order valence-electron chi connectivity index (χ2n) is 5.50. The predicted octanol–water partition coefficient (Wildman–Crippen LogP) is 2.95. The van der Waals surface area contributed by atoms with E-state index in [1.54, 1.807) is 0 Å². The van der Waals surface area contributed by atoms with Gasteiger partial charge in [0.2, 0.25) is 5.91 Å². The van der Waals surface area contributed by atoms with Crippen LogP contribution in [0.5, 0.6) is 0 Å². The summed E-state index contributed by atoms with van der Waals surface area (Å²) in [6.45, 7) is 6.32. The molecule has 1 atom stereocenters. The van der Waals surface area contributed by atoms with Gasteiger partial charge in [-0.05, 0) is 40.0 Å². The molecule has 108 valence electrons. The number of amides is 1. The van der Waals surface area contributed by atoms with E-state index in [0.29, 0.717) is 6.54 Å². The van der Waals surface area contributed by atoms with E-state index >= 15 is 0 Å². The molecule has 4 nitrogen and oxygen atoms in total. The highest BCUT2D eigenvalue weighted by Crippen LogP contribution is 2.26. The van der Waals surface area contributed by atoms with Crippen LogP contribution in [-0.4, -0.2) is 30.4 Å². The van der Waals surface area contributed by atoms with Crippen molar-refractivity contribution in [3.63, 3.8) is 0 Å². The Labute approximate surface area is 119 Å². The van der Waals surface area contributed by atoms with E-state index in [1.807, 2.05) is 63.1 Å². The van der Waals surface area contributed by atoms with E-state index in [4.69, 9.17) is 4.42 Å². The number of furan rings is 1. The molecule has 0 aliphatic carbocycles. The van der Waals surface area contributed by atoms with E-state index in [0.717, 1.165) is 16.7 Å². The molecule has 1 amide bonds. The molecule has 2 aromatic rings. The van der Waals surface area contributed by atoms with Gasteiger partial charge in [-0.2, -0.15) is 0 Å². The van der Waals surface area contributed by atoms with Crippen molar-refractivity contribution in [2.45, 2.75) is 32.9 Å². The van der Waals surface area contributed by atoms with Crippen molar-refractivity contribution in [2.75, 3.05) is 13.6 Å². The first-order valence-electron chi connectivity index (χ1n) is 6.95. The van der Waals surface area contributed by atoms with Gasteiger partial charge in [-0.15, -0.1) is 0 Å². The van der Waals surface area contributed by atoms with E-state index < -0.39 is 0 Å². The Morgan fingerprint density at radius 2 is 2.00 bits per heavy atom. The van der Waals surface area contributed by atoms with Crippen LogP contribution in [0.3, 0.4) is 0 Å². The highest BCUT2D eigenvalue weighted by Gasteiger charge is 2.18. The molecule has 1 heterocycles. The number of rotatable bonds is 5. The zero-order chi connectivity index (χ0) is 14.7. The molecular formula is C16H22N2O2. The maximum atomic E-state index is 11.8. The van der Waals surface area contributed by atoms with Crippen LogP contribution in [0.25, 0.3) is 11.0 Å². The van der Waals surface area contributed by atoms with Crippen molar-refractivity contribution in [1.29, 1.82) is 0 Å². The van der Waals surface area contributed by atoms with Crippen molar-refractivity contribution in [3.05, 3.63) is 36.1 Å². The van der Waals surface area contributed by atoms with Crippen molar-refractivity contribution >= 4 is 16.9 Å². The number of likely N-dealkylation sites (N-methyl/N-ethyl adjacent to an activating group) is 1. The Morgan fingerprint density at radius 1 is 1.30 bits per heavy atom. The van der Waals surface area contributed by atoms with Gasteiger partial charge in [0.1, 0.15) is 11.3 Å². The van der Waals surface area contributed by atoms with Gasteiger partial charge in [0.25, 0.3) is 0 Å². The van der Waals surface area contributed by atoms with Gasteiger partial charge in [-0.25, -0.2) is 0 Å². The van der Waals surface area contributed by atoms with Crippen LogP contribution in [0.4, 0.5) is 0 Å². The van der Waals surface area contributed by atoms with E-state index in [2.05, 4.69) is 5.32 Å². The highest BCUT2D eigenvalue weighted by atomic mass is 16.3. The van der Waals surface area contributed by atoms with Crippen molar-refractivity contribution in [3.8, 4) is 0 Å². The normalized spacial score (nSPS) is 13.1. The molecule has 0 radical (unpaired) electrons. The van der Waals surface area contributed by atoms with Crippen LogP contribution in [0, 0.1) is 0 Å². The summed E-state index contributed by atoms with van der Waals surface area (Å²) in [7, 11) is 1.93. The average Bonchev–Trinajstić information content (AvgIpc) is 2.80. The predicted molar refractivity (Wildman–Crippen MR) is 80.5 cm³/mol. The first-order valence-corrected chi connectivity index (χ1v) is 6.95. The number of hydrogen-bond acceptors (Lipinski definition) is 3. The summed E-state index contributed by atoms with van der Waals surface area (Å²) in [5.74, 6) is 0.913. The molecule has 4 heteroatoms. The fourth-order valence-corrected chi connectivity index (χ4v) is 2.16. The lowest BCUT2D eigenvalue weighted by atomic mass is 10.2. The van der Waals surface area contributed by atoms with Crippen LogP contribution >= 0.6 is 0 Å². The molecule has 2 rings (SSSR count). The van der Waals surface area contributed by atoms with E-state index in [1.165, 1.54) is 0 Å². The van der Waals surface area contributed by atoms with Gasteiger partial charge < -0.3 is 9.73 Å². The van der Waals surface area contributed by atoms with Gasteiger partial charge >= 0.3 is 0 Å². The van der Waals surface area contributed by atoms with Crippen LogP contribution in [0.1, 0.15) is 32.6 Å². The summed E-state index contributed by atoms with van der Waals surface area (Å²) in [6.07, 6.45) is 0. The molecule has 1 aromatic carbocycles. The molecule has 0 bridgehead atoms. The molecule has 1 N–H and O–H groups in total. The quantitative estimate of drug-likeness (QED) is 0.911. The van der Waals surface area contributed by atoms with Crippen LogP contribution < -0.4 is 5.32 Å². The maximum Gasteiger partial charge on any atom is 0.234 e. The Bertz CT molecular complexity index is 556. The Kier molecular flexibility index (Phi) is 4.45. The molecule has 0 fully saturated rings. The number of fused-ring (bicyclic) bond motifs is 1. The molecular weight excluding hydrogens is 252 g/mol. The maximum absolute atomic E-state index is 11.8. The number of carbonyl (C=O) groups is 1. The van der Waals surface area contributed by atoms with Crippen molar-refractivity contribution in [2.24, 2.45) is 0 Å². The van der Waals surface area contributed by atoms with Gasteiger partial charge in [0.05, 0.1) is 12.6 Å². The second-order valence-corrected chi connectivity index (χ2v) is 5.50. The number of hydrogen-bond donors (Lipinski definition) is 1. The van der Waals surface area contributed by atoms with Gasteiger partial charge in [0, 0.05) is 11.4 Å². The molecule has 20 heavy (non-hydrogen) atoms. The largest absolute Gasteiger partial charge is 0.459 e. The summed E-state index contributed by atoms with van der Waals surface area (Å²) in [5, 5.41) is 3.99. The lowest BCUT2D eigenvalue weighted by molar-refractivity contribution is -0.122. The Balaban J connectivity index is 2.06. The molecule has 0 aliphatic heterocycles. The summed E-state index contributed by atoms with van der Waals surface area (Å²) in [5.41, 5.74) is 0.884. The second kappa shape index (κ2) is 6.09. The fraction of sp³-hybridized carbons (Fsp3) is 0.438. The van der Waals surface area contributed by atoms with Crippen molar-refractivity contribution in [1.82, 2.24) is 10.2 Å². The first kappa shape index (κ1) is 14.6. The van der Waals surface area contributed by atoms with Crippen LogP contribution in [-0.2, 0) is 4.79 Å². The SMILES string of the molecule is CC(C)NC(=O)CN(C)C(C)c1cc2ccccc2o1. The van der Waals surface area contributed by atoms with Crippen molar-refractivity contribution < 1.29 is 9.21 Å². The minimum absolute atomic E-state index is 0.0328. The third kappa shape index (κ3) is 3.39. The zero-order valence-corrected chi connectivity index (χ0v) is 12.5. The molecule has 0 aliphatic rings. The molecule has 0 saturated carbocycles. The van der Waals surface area contributed by atoms with E-state index in [9.17, 15) is 4.79 Å². The first-order chi connectivity index (χ1) is 9.47. The monoisotopic (exact) mass is 274 g/mol. The zero-order valence-electron chi connectivity index (χ0n) is 12.5. The minimum Gasteiger partial charge on any atom is -0.459 e. The average molecular weight is 274 g/mol. The lowest BCUT2D eigenvalue weighted by Crippen LogP contribution is -2.39. The highest BCUT2D eigenvalue weighted by molar-refractivity contribution is 5.79. The van der Waals surface area contributed by atoms with E-state index in [-0.39, 0.29) is 18.0 Å². The Hall–Kier alpha value is -1.81. The fourth-order valence-electron chi connectivity index (χ4n) is 2.16. The number of benzene rings is 1. The summed E-state index contributed by atoms with van der Waals surface area (Å²) >= 11 is 0. The molecule has 1 unspecified atom stereocenters.